The predicted molar refractivity (Wildman–Crippen MR) is 64.8 cm³/mol. The van der Waals surface area contributed by atoms with Gasteiger partial charge in [-0.25, -0.2) is 12.7 Å². The summed E-state index contributed by atoms with van der Waals surface area (Å²) < 4.78 is 25.5. The first kappa shape index (κ1) is 12.3. The number of nitrogens with zero attached hydrogens (tertiary/aromatic N) is 2. The lowest BCUT2D eigenvalue weighted by Crippen LogP contribution is -2.43. The van der Waals surface area contributed by atoms with Gasteiger partial charge in [-0.05, 0) is 46.2 Å². The van der Waals surface area contributed by atoms with E-state index < -0.39 is 14.8 Å². The molecule has 1 atom stereocenters. The molecule has 0 aromatic carbocycles. The molecule has 0 N–H and O–H groups in total. The van der Waals surface area contributed by atoms with E-state index in [9.17, 15) is 8.42 Å². The monoisotopic (exact) mass is 246 g/mol. The molecule has 1 saturated carbocycles. The van der Waals surface area contributed by atoms with Crippen LogP contribution in [0.2, 0.25) is 0 Å². The van der Waals surface area contributed by atoms with Gasteiger partial charge in [-0.1, -0.05) is 0 Å². The summed E-state index contributed by atoms with van der Waals surface area (Å²) in [7, 11) is 0.738. The molecule has 0 spiro atoms. The van der Waals surface area contributed by atoms with Crippen LogP contribution in [0, 0.1) is 0 Å². The van der Waals surface area contributed by atoms with Crippen LogP contribution in [0.15, 0.2) is 0 Å². The average Bonchev–Trinajstić information content (AvgIpc) is 2.85. The van der Waals surface area contributed by atoms with Crippen molar-refractivity contribution in [2.45, 2.75) is 43.4 Å². The summed E-state index contributed by atoms with van der Waals surface area (Å²) in [6.45, 7) is 3.60. The Labute approximate surface area is 98.7 Å². The van der Waals surface area contributed by atoms with Crippen LogP contribution in [0.5, 0.6) is 0 Å². The molecule has 94 valence electrons. The van der Waals surface area contributed by atoms with Gasteiger partial charge in [0, 0.05) is 19.6 Å². The fraction of sp³-hybridized carbons (Fsp3) is 1.00. The summed E-state index contributed by atoms with van der Waals surface area (Å²) in [6.07, 6.45) is 3.94. The molecule has 1 saturated heterocycles. The van der Waals surface area contributed by atoms with Gasteiger partial charge in [-0.3, -0.25) is 0 Å². The van der Waals surface area contributed by atoms with Crippen LogP contribution in [0.3, 0.4) is 0 Å². The molecular formula is C11H22N2O2S. The van der Waals surface area contributed by atoms with Crippen LogP contribution in [-0.4, -0.2) is 55.6 Å². The van der Waals surface area contributed by atoms with Crippen molar-refractivity contribution in [3.63, 3.8) is 0 Å². The molecule has 16 heavy (non-hydrogen) atoms. The van der Waals surface area contributed by atoms with Crippen molar-refractivity contribution in [1.82, 2.24) is 9.21 Å². The lowest BCUT2D eigenvalue weighted by atomic mass is 10.2. The Bertz CT molecular complexity index is 362. The fourth-order valence-corrected chi connectivity index (χ4v) is 4.15. The highest BCUT2D eigenvalue weighted by Gasteiger charge is 2.52. The third kappa shape index (κ3) is 2.00. The van der Waals surface area contributed by atoms with Gasteiger partial charge in [0.15, 0.2) is 0 Å². The third-order valence-electron chi connectivity index (χ3n) is 4.13. The first-order valence-electron chi connectivity index (χ1n) is 6.03. The molecule has 1 aliphatic heterocycles. The second-order valence-corrected chi connectivity index (χ2v) is 8.07. The van der Waals surface area contributed by atoms with Crippen molar-refractivity contribution in [3.8, 4) is 0 Å². The van der Waals surface area contributed by atoms with E-state index in [4.69, 9.17) is 0 Å². The predicted octanol–water partition coefficient (Wildman–Crippen LogP) is 0.895. The standard InChI is InChI=1S/C11H22N2O2S/c1-11(6-7-11)16(14,15)13(3)9-10-5-4-8-12(10)2/h10H,4-9H2,1-3H3/t10-/m1/s1. The minimum absolute atomic E-state index is 0.405. The SMILES string of the molecule is CN1CCC[C@@H]1CN(C)S(=O)(=O)C1(C)CC1. The van der Waals surface area contributed by atoms with Crippen molar-refractivity contribution in [2.24, 2.45) is 0 Å². The number of hydrogen-bond acceptors (Lipinski definition) is 3. The van der Waals surface area contributed by atoms with Gasteiger partial charge in [0.05, 0.1) is 4.75 Å². The molecule has 0 aromatic heterocycles. The molecule has 2 rings (SSSR count). The number of likely N-dealkylation sites (N-methyl/N-ethyl adjacent to an activating group) is 2. The smallest absolute Gasteiger partial charge is 0.219 e. The lowest BCUT2D eigenvalue weighted by Gasteiger charge is -2.27. The van der Waals surface area contributed by atoms with Crippen molar-refractivity contribution in [3.05, 3.63) is 0 Å². The lowest BCUT2D eigenvalue weighted by molar-refractivity contribution is 0.270. The van der Waals surface area contributed by atoms with Crippen LogP contribution < -0.4 is 0 Å². The summed E-state index contributed by atoms with van der Waals surface area (Å²) >= 11 is 0. The molecule has 2 fully saturated rings. The number of hydrogen-bond donors (Lipinski definition) is 0. The second-order valence-electron chi connectivity index (χ2n) is 5.51. The molecule has 0 radical (unpaired) electrons. The van der Waals surface area contributed by atoms with Crippen molar-refractivity contribution in [2.75, 3.05) is 27.2 Å². The Balaban J connectivity index is 2.00. The van der Waals surface area contributed by atoms with Crippen LogP contribution in [0.1, 0.15) is 32.6 Å². The highest BCUT2D eigenvalue weighted by atomic mass is 32.2. The summed E-state index contributed by atoms with van der Waals surface area (Å²) in [5.74, 6) is 0. The van der Waals surface area contributed by atoms with E-state index in [-0.39, 0.29) is 0 Å². The summed E-state index contributed by atoms with van der Waals surface area (Å²) in [6, 6.07) is 0.405. The van der Waals surface area contributed by atoms with Crippen LogP contribution in [0.4, 0.5) is 0 Å². The van der Waals surface area contributed by atoms with Crippen LogP contribution in [-0.2, 0) is 10.0 Å². The fourth-order valence-electron chi connectivity index (χ4n) is 2.42. The Hall–Kier alpha value is -0.130. The van der Waals surface area contributed by atoms with Gasteiger partial charge in [-0.2, -0.15) is 0 Å². The quantitative estimate of drug-likeness (QED) is 0.740. The Morgan fingerprint density at radius 3 is 2.50 bits per heavy atom. The second kappa shape index (κ2) is 3.96. The van der Waals surface area contributed by atoms with Gasteiger partial charge >= 0.3 is 0 Å². The van der Waals surface area contributed by atoms with E-state index in [1.54, 1.807) is 11.4 Å². The summed E-state index contributed by atoms with van der Waals surface area (Å²) in [4.78, 5) is 2.27. The molecule has 0 bridgehead atoms. The molecular weight excluding hydrogens is 224 g/mol. The highest BCUT2D eigenvalue weighted by Crippen LogP contribution is 2.44. The van der Waals surface area contributed by atoms with Gasteiger partial charge in [0.2, 0.25) is 10.0 Å². The third-order valence-corrected chi connectivity index (χ3v) is 6.75. The summed E-state index contributed by atoms with van der Waals surface area (Å²) in [5, 5.41) is 0. The van der Waals surface area contributed by atoms with E-state index in [1.165, 1.54) is 6.42 Å². The zero-order chi connectivity index (χ0) is 12.0. The van der Waals surface area contributed by atoms with E-state index in [0.717, 1.165) is 25.8 Å². The normalized spacial score (nSPS) is 29.9. The van der Waals surface area contributed by atoms with E-state index in [0.29, 0.717) is 12.6 Å². The Morgan fingerprint density at radius 2 is 2.06 bits per heavy atom. The molecule has 1 heterocycles. The maximum absolute atomic E-state index is 12.2. The van der Waals surface area contributed by atoms with Crippen molar-refractivity contribution < 1.29 is 8.42 Å². The molecule has 4 nitrogen and oxygen atoms in total. The zero-order valence-corrected chi connectivity index (χ0v) is 11.3. The largest absolute Gasteiger partial charge is 0.302 e. The molecule has 0 aromatic rings. The molecule has 0 unspecified atom stereocenters. The van der Waals surface area contributed by atoms with Gasteiger partial charge < -0.3 is 4.90 Å². The maximum Gasteiger partial charge on any atom is 0.219 e. The first-order valence-corrected chi connectivity index (χ1v) is 7.47. The van der Waals surface area contributed by atoms with Crippen molar-refractivity contribution >= 4 is 10.0 Å². The van der Waals surface area contributed by atoms with Crippen LogP contribution >= 0.6 is 0 Å². The molecule has 2 aliphatic rings. The first-order chi connectivity index (χ1) is 7.37. The molecule has 5 heteroatoms. The van der Waals surface area contributed by atoms with Gasteiger partial charge in [0.25, 0.3) is 0 Å². The zero-order valence-electron chi connectivity index (χ0n) is 10.4. The minimum Gasteiger partial charge on any atom is -0.302 e. The molecule has 0 amide bonds. The maximum atomic E-state index is 12.2. The van der Waals surface area contributed by atoms with E-state index in [2.05, 4.69) is 11.9 Å². The highest BCUT2D eigenvalue weighted by molar-refractivity contribution is 7.90. The molecule has 1 aliphatic carbocycles. The number of likely N-dealkylation sites (tertiary alicyclic amines) is 1. The topological polar surface area (TPSA) is 40.6 Å². The average molecular weight is 246 g/mol. The summed E-state index contributed by atoms with van der Waals surface area (Å²) in [5.41, 5.74) is 0. The number of sulfonamides is 1. The van der Waals surface area contributed by atoms with E-state index >= 15 is 0 Å². The van der Waals surface area contributed by atoms with Gasteiger partial charge in [0.1, 0.15) is 0 Å². The van der Waals surface area contributed by atoms with Gasteiger partial charge in [-0.15, -0.1) is 0 Å². The van der Waals surface area contributed by atoms with Crippen LogP contribution in [0.25, 0.3) is 0 Å². The number of rotatable bonds is 4. The van der Waals surface area contributed by atoms with E-state index in [1.807, 2.05) is 6.92 Å². The Morgan fingerprint density at radius 1 is 1.44 bits per heavy atom. The van der Waals surface area contributed by atoms with Crippen molar-refractivity contribution in [1.29, 1.82) is 0 Å². The minimum atomic E-state index is -3.07. The Kier molecular flexibility index (Phi) is 3.05.